The molecule has 3 heterocycles. The minimum Gasteiger partial charge on any atom is -0.459 e. The third-order valence-electron chi connectivity index (χ3n) is 4.25. The van der Waals surface area contributed by atoms with Crippen LogP contribution in [0.25, 0.3) is 0 Å². The maximum atomic E-state index is 12.8. The normalized spacial score (nSPS) is 20.9. The van der Waals surface area contributed by atoms with Crippen LogP contribution in [0, 0.1) is 18.8 Å². The van der Waals surface area contributed by atoms with Crippen LogP contribution in [0.5, 0.6) is 0 Å². The highest BCUT2D eigenvalue weighted by molar-refractivity contribution is 7.18. The predicted octanol–water partition coefficient (Wildman–Crippen LogP) is 4.02. The summed E-state index contributed by atoms with van der Waals surface area (Å²) in [6.07, 6.45) is 2.62. The fourth-order valence-electron chi connectivity index (χ4n) is 3.31. The largest absolute Gasteiger partial charge is 0.459 e. The summed E-state index contributed by atoms with van der Waals surface area (Å²) in [6, 6.07) is 5.12. The molecule has 1 aliphatic rings. The average molecular weight is 346 g/mol. The SMILES string of the molecule is Cc1cc(NC(=O)c2ccco2)sc1C(=O)N1CC(C)CC(C)C1. The van der Waals surface area contributed by atoms with Crippen molar-refractivity contribution in [2.75, 3.05) is 18.4 Å². The molecular weight excluding hydrogens is 324 g/mol. The van der Waals surface area contributed by atoms with Crippen molar-refractivity contribution < 1.29 is 14.0 Å². The molecule has 2 amide bonds. The number of furan rings is 1. The van der Waals surface area contributed by atoms with E-state index in [1.54, 1.807) is 12.1 Å². The van der Waals surface area contributed by atoms with Crippen LogP contribution in [0.4, 0.5) is 5.00 Å². The highest BCUT2D eigenvalue weighted by Crippen LogP contribution is 2.30. The first-order valence-electron chi connectivity index (χ1n) is 8.18. The van der Waals surface area contributed by atoms with Crippen LogP contribution in [-0.2, 0) is 0 Å². The second-order valence-corrected chi connectivity index (χ2v) is 7.76. The Morgan fingerprint density at radius 2 is 2.00 bits per heavy atom. The molecule has 1 aliphatic heterocycles. The maximum Gasteiger partial charge on any atom is 0.291 e. The molecule has 2 aromatic heterocycles. The van der Waals surface area contributed by atoms with E-state index in [2.05, 4.69) is 19.2 Å². The molecule has 1 saturated heterocycles. The molecule has 2 unspecified atom stereocenters. The lowest BCUT2D eigenvalue weighted by Crippen LogP contribution is -2.42. The van der Waals surface area contributed by atoms with Gasteiger partial charge in [-0.2, -0.15) is 0 Å². The second kappa shape index (κ2) is 6.81. The van der Waals surface area contributed by atoms with Crippen molar-refractivity contribution in [2.24, 2.45) is 11.8 Å². The van der Waals surface area contributed by atoms with Gasteiger partial charge in [0.1, 0.15) is 0 Å². The number of aryl methyl sites for hydroxylation is 1. The van der Waals surface area contributed by atoms with Crippen LogP contribution in [0.1, 0.15) is 46.1 Å². The maximum absolute atomic E-state index is 12.8. The molecule has 2 aromatic rings. The number of amides is 2. The highest BCUT2D eigenvalue weighted by atomic mass is 32.1. The number of likely N-dealkylation sites (tertiary alicyclic amines) is 1. The molecule has 5 nitrogen and oxygen atoms in total. The van der Waals surface area contributed by atoms with E-state index >= 15 is 0 Å². The van der Waals surface area contributed by atoms with Crippen molar-refractivity contribution in [2.45, 2.75) is 27.2 Å². The van der Waals surface area contributed by atoms with Gasteiger partial charge in [0.15, 0.2) is 5.76 Å². The van der Waals surface area contributed by atoms with Crippen LogP contribution in [-0.4, -0.2) is 29.8 Å². The Bertz CT molecular complexity index is 726. The molecule has 2 atom stereocenters. The van der Waals surface area contributed by atoms with Crippen LogP contribution in [0.15, 0.2) is 28.9 Å². The Labute approximate surface area is 145 Å². The Hall–Kier alpha value is -2.08. The molecule has 3 rings (SSSR count). The number of thiophene rings is 1. The monoisotopic (exact) mass is 346 g/mol. The van der Waals surface area contributed by atoms with Gasteiger partial charge in [0.2, 0.25) is 0 Å². The summed E-state index contributed by atoms with van der Waals surface area (Å²) in [7, 11) is 0. The molecule has 24 heavy (non-hydrogen) atoms. The van der Waals surface area contributed by atoms with Gasteiger partial charge < -0.3 is 14.6 Å². The number of carbonyl (C=O) groups excluding carboxylic acids is 2. The lowest BCUT2D eigenvalue weighted by Gasteiger charge is -2.34. The van der Waals surface area contributed by atoms with Crippen molar-refractivity contribution in [1.29, 1.82) is 0 Å². The van der Waals surface area contributed by atoms with Crippen LogP contribution in [0.3, 0.4) is 0 Å². The Kier molecular flexibility index (Phi) is 4.76. The zero-order chi connectivity index (χ0) is 17.3. The van der Waals surface area contributed by atoms with Gasteiger partial charge in [-0.05, 0) is 48.9 Å². The lowest BCUT2D eigenvalue weighted by molar-refractivity contribution is 0.0627. The number of nitrogens with zero attached hydrogens (tertiary/aromatic N) is 1. The fraction of sp³-hybridized carbons (Fsp3) is 0.444. The van der Waals surface area contributed by atoms with E-state index < -0.39 is 0 Å². The van der Waals surface area contributed by atoms with Gasteiger partial charge in [-0.1, -0.05) is 13.8 Å². The number of piperidine rings is 1. The number of nitrogens with one attached hydrogen (secondary N) is 1. The Balaban J connectivity index is 1.74. The van der Waals surface area contributed by atoms with E-state index in [9.17, 15) is 9.59 Å². The quantitative estimate of drug-likeness (QED) is 0.913. The summed E-state index contributed by atoms with van der Waals surface area (Å²) < 4.78 is 5.09. The molecule has 0 saturated carbocycles. The van der Waals surface area contributed by atoms with E-state index in [1.165, 1.54) is 17.6 Å². The first kappa shape index (κ1) is 16.8. The lowest BCUT2D eigenvalue weighted by atomic mass is 9.92. The standard InChI is InChI=1S/C18H22N2O3S/c1-11-7-12(2)10-20(9-11)18(22)16-13(3)8-15(24-16)19-17(21)14-5-4-6-23-14/h4-6,8,11-12H,7,9-10H2,1-3H3,(H,19,21). The van der Waals surface area contributed by atoms with E-state index in [0.29, 0.717) is 21.7 Å². The molecule has 6 heteroatoms. The van der Waals surface area contributed by atoms with E-state index in [4.69, 9.17) is 4.42 Å². The third kappa shape index (κ3) is 3.53. The molecule has 1 fully saturated rings. The zero-order valence-electron chi connectivity index (χ0n) is 14.2. The van der Waals surface area contributed by atoms with Gasteiger partial charge >= 0.3 is 0 Å². The summed E-state index contributed by atoms with van der Waals surface area (Å²) in [6.45, 7) is 7.88. The summed E-state index contributed by atoms with van der Waals surface area (Å²) in [5.41, 5.74) is 0.894. The summed E-state index contributed by atoms with van der Waals surface area (Å²) in [4.78, 5) is 27.5. The third-order valence-corrected chi connectivity index (χ3v) is 5.39. The number of hydrogen-bond donors (Lipinski definition) is 1. The second-order valence-electron chi connectivity index (χ2n) is 6.71. The van der Waals surface area contributed by atoms with Crippen LogP contribution in [0.2, 0.25) is 0 Å². The van der Waals surface area contributed by atoms with Crippen molar-refractivity contribution in [1.82, 2.24) is 4.90 Å². The van der Waals surface area contributed by atoms with Crippen molar-refractivity contribution >= 4 is 28.2 Å². The molecule has 0 radical (unpaired) electrons. The van der Waals surface area contributed by atoms with Crippen molar-refractivity contribution in [3.8, 4) is 0 Å². The summed E-state index contributed by atoms with van der Waals surface area (Å²) in [5, 5.41) is 3.46. The van der Waals surface area contributed by atoms with Gasteiger partial charge in [0.05, 0.1) is 16.1 Å². The van der Waals surface area contributed by atoms with Crippen LogP contribution >= 0.6 is 11.3 Å². The van der Waals surface area contributed by atoms with Gasteiger partial charge in [0, 0.05) is 13.1 Å². The van der Waals surface area contributed by atoms with Gasteiger partial charge in [-0.3, -0.25) is 9.59 Å². The number of hydrogen-bond acceptors (Lipinski definition) is 4. The molecule has 0 aromatic carbocycles. The zero-order valence-corrected chi connectivity index (χ0v) is 15.0. The minimum absolute atomic E-state index is 0.0643. The fourth-order valence-corrected chi connectivity index (χ4v) is 4.35. The molecule has 0 spiro atoms. The molecular formula is C18H22N2O3S. The van der Waals surface area contributed by atoms with E-state index in [-0.39, 0.29) is 17.6 Å². The van der Waals surface area contributed by atoms with Gasteiger partial charge in [-0.15, -0.1) is 11.3 Å². The van der Waals surface area contributed by atoms with Crippen molar-refractivity contribution in [3.05, 3.63) is 40.7 Å². The number of rotatable bonds is 3. The summed E-state index contributed by atoms with van der Waals surface area (Å²) >= 11 is 1.32. The Morgan fingerprint density at radius 1 is 1.29 bits per heavy atom. The first-order valence-corrected chi connectivity index (χ1v) is 9.00. The molecule has 0 aliphatic carbocycles. The summed E-state index contributed by atoms with van der Waals surface area (Å²) in [5.74, 6) is 1.06. The van der Waals surface area contributed by atoms with Crippen LogP contribution < -0.4 is 5.32 Å². The highest BCUT2D eigenvalue weighted by Gasteiger charge is 2.28. The smallest absolute Gasteiger partial charge is 0.291 e. The van der Waals surface area contributed by atoms with Crippen molar-refractivity contribution in [3.63, 3.8) is 0 Å². The van der Waals surface area contributed by atoms with Gasteiger partial charge in [0.25, 0.3) is 11.8 Å². The predicted molar refractivity (Wildman–Crippen MR) is 94.6 cm³/mol. The number of carbonyl (C=O) groups is 2. The average Bonchev–Trinajstić information content (AvgIpc) is 3.15. The first-order chi connectivity index (χ1) is 11.4. The molecule has 0 bridgehead atoms. The molecule has 1 N–H and O–H groups in total. The van der Waals surface area contributed by atoms with E-state index in [1.807, 2.05) is 17.9 Å². The van der Waals surface area contributed by atoms with E-state index in [0.717, 1.165) is 25.1 Å². The number of anilines is 1. The molecule has 128 valence electrons. The minimum atomic E-state index is -0.305. The Morgan fingerprint density at radius 3 is 2.62 bits per heavy atom. The topological polar surface area (TPSA) is 62.6 Å². The van der Waals surface area contributed by atoms with Gasteiger partial charge in [-0.25, -0.2) is 0 Å².